The SMILES string of the molecule is COc1cc(SC)ccc1C(=O)OCC(=O)NC1CCCc2ccccc21. The zero-order valence-electron chi connectivity index (χ0n) is 15.5. The molecule has 0 aromatic heterocycles. The summed E-state index contributed by atoms with van der Waals surface area (Å²) < 4.78 is 10.5. The van der Waals surface area contributed by atoms with Gasteiger partial charge in [0.05, 0.1) is 13.2 Å². The maximum Gasteiger partial charge on any atom is 0.342 e. The number of thioether (sulfide) groups is 1. The van der Waals surface area contributed by atoms with Crippen molar-refractivity contribution in [1.82, 2.24) is 5.32 Å². The molecule has 6 heteroatoms. The molecule has 0 aliphatic heterocycles. The lowest BCUT2D eigenvalue weighted by molar-refractivity contribution is -0.125. The number of hydrogen-bond acceptors (Lipinski definition) is 5. The first-order valence-electron chi connectivity index (χ1n) is 8.88. The molecule has 27 heavy (non-hydrogen) atoms. The average molecular weight is 385 g/mol. The number of carbonyl (C=O) groups excluding carboxylic acids is 2. The van der Waals surface area contributed by atoms with Crippen molar-refractivity contribution in [3.63, 3.8) is 0 Å². The highest BCUT2D eigenvalue weighted by atomic mass is 32.2. The number of fused-ring (bicyclic) bond motifs is 1. The molecule has 1 unspecified atom stereocenters. The van der Waals surface area contributed by atoms with Crippen LogP contribution in [0.3, 0.4) is 0 Å². The van der Waals surface area contributed by atoms with Gasteiger partial charge in [0.1, 0.15) is 11.3 Å². The van der Waals surface area contributed by atoms with E-state index in [0.717, 1.165) is 29.7 Å². The van der Waals surface area contributed by atoms with Crippen molar-refractivity contribution in [3.05, 3.63) is 59.2 Å². The van der Waals surface area contributed by atoms with Gasteiger partial charge >= 0.3 is 5.97 Å². The highest BCUT2D eigenvalue weighted by molar-refractivity contribution is 7.98. The summed E-state index contributed by atoms with van der Waals surface area (Å²) in [6.45, 7) is -0.315. The minimum atomic E-state index is -0.571. The van der Waals surface area contributed by atoms with Crippen molar-refractivity contribution in [1.29, 1.82) is 0 Å². The quantitative estimate of drug-likeness (QED) is 0.606. The Balaban J connectivity index is 1.59. The Morgan fingerprint density at radius 1 is 1.22 bits per heavy atom. The lowest BCUT2D eigenvalue weighted by atomic mass is 9.88. The standard InChI is InChI=1S/C21H23NO4S/c1-25-19-12-15(27-2)10-11-17(19)21(24)26-13-20(23)22-18-9-5-7-14-6-3-4-8-16(14)18/h3-4,6,8,10-12,18H,5,7,9,13H2,1-2H3,(H,22,23). The van der Waals surface area contributed by atoms with Crippen LogP contribution in [-0.2, 0) is 16.0 Å². The van der Waals surface area contributed by atoms with E-state index >= 15 is 0 Å². The van der Waals surface area contributed by atoms with Crippen molar-refractivity contribution in [3.8, 4) is 5.75 Å². The molecule has 142 valence electrons. The Morgan fingerprint density at radius 2 is 2.04 bits per heavy atom. The highest BCUT2D eigenvalue weighted by Crippen LogP contribution is 2.29. The monoisotopic (exact) mass is 385 g/mol. The van der Waals surface area contributed by atoms with Crippen LogP contribution in [0.2, 0.25) is 0 Å². The number of aryl methyl sites for hydroxylation is 1. The summed E-state index contributed by atoms with van der Waals surface area (Å²) in [4.78, 5) is 25.6. The molecule has 2 aromatic carbocycles. The van der Waals surface area contributed by atoms with Gasteiger partial charge in [-0.2, -0.15) is 0 Å². The zero-order valence-corrected chi connectivity index (χ0v) is 16.3. The normalized spacial score (nSPS) is 15.6. The van der Waals surface area contributed by atoms with Gasteiger partial charge in [-0.1, -0.05) is 24.3 Å². The summed E-state index contributed by atoms with van der Waals surface area (Å²) in [5.74, 6) is -0.433. The first kappa shape index (κ1) is 19.3. The second-order valence-corrected chi connectivity index (χ2v) is 7.23. The fourth-order valence-corrected chi connectivity index (χ4v) is 3.74. The highest BCUT2D eigenvalue weighted by Gasteiger charge is 2.22. The largest absolute Gasteiger partial charge is 0.496 e. The molecule has 0 fully saturated rings. The Kier molecular flexibility index (Phi) is 6.40. The van der Waals surface area contributed by atoms with Gasteiger partial charge in [0.15, 0.2) is 6.61 Å². The Labute approximate surface area is 163 Å². The van der Waals surface area contributed by atoms with E-state index in [-0.39, 0.29) is 18.6 Å². The first-order chi connectivity index (χ1) is 13.1. The van der Waals surface area contributed by atoms with Crippen LogP contribution in [0.15, 0.2) is 47.4 Å². The molecule has 3 rings (SSSR count). The van der Waals surface area contributed by atoms with Crippen LogP contribution in [0, 0.1) is 0 Å². The topological polar surface area (TPSA) is 64.6 Å². The summed E-state index contributed by atoms with van der Waals surface area (Å²) in [7, 11) is 1.50. The fraction of sp³-hybridized carbons (Fsp3) is 0.333. The number of esters is 1. The third-order valence-electron chi connectivity index (χ3n) is 4.67. The van der Waals surface area contributed by atoms with Gasteiger partial charge < -0.3 is 14.8 Å². The summed E-state index contributed by atoms with van der Waals surface area (Å²) in [5, 5.41) is 2.98. The van der Waals surface area contributed by atoms with Crippen LogP contribution in [0.4, 0.5) is 0 Å². The van der Waals surface area contributed by atoms with Crippen molar-refractivity contribution in [2.45, 2.75) is 30.2 Å². The fourth-order valence-electron chi connectivity index (χ4n) is 3.32. The van der Waals surface area contributed by atoms with E-state index in [0.29, 0.717) is 11.3 Å². The lowest BCUT2D eigenvalue weighted by Crippen LogP contribution is -2.34. The van der Waals surface area contributed by atoms with Crippen molar-refractivity contribution in [2.24, 2.45) is 0 Å². The number of amides is 1. The summed E-state index contributed by atoms with van der Waals surface area (Å²) in [5.41, 5.74) is 2.73. The number of hydrogen-bond donors (Lipinski definition) is 1. The van der Waals surface area contributed by atoms with Crippen LogP contribution in [0.25, 0.3) is 0 Å². The van der Waals surface area contributed by atoms with Gasteiger partial charge in [-0.3, -0.25) is 4.79 Å². The van der Waals surface area contributed by atoms with Gasteiger partial charge in [0.2, 0.25) is 0 Å². The number of nitrogens with one attached hydrogen (secondary N) is 1. The van der Waals surface area contributed by atoms with Crippen molar-refractivity contribution >= 4 is 23.6 Å². The number of methoxy groups -OCH3 is 1. The van der Waals surface area contributed by atoms with Crippen LogP contribution >= 0.6 is 11.8 Å². The molecule has 1 aliphatic rings. The minimum absolute atomic E-state index is 0.0310. The molecule has 0 saturated heterocycles. The van der Waals surface area contributed by atoms with Gasteiger partial charge in [0.25, 0.3) is 5.91 Å². The smallest absolute Gasteiger partial charge is 0.342 e. The number of ether oxygens (including phenoxy) is 2. The predicted molar refractivity (Wildman–Crippen MR) is 105 cm³/mol. The number of carbonyl (C=O) groups is 2. The van der Waals surface area contributed by atoms with Gasteiger partial charge in [-0.05, 0) is 54.8 Å². The van der Waals surface area contributed by atoms with E-state index in [1.807, 2.05) is 30.5 Å². The van der Waals surface area contributed by atoms with Gasteiger partial charge in [-0.25, -0.2) is 4.79 Å². The Hall–Kier alpha value is -2.47. The van der Waals surface area contributed by atoms with Gasteiger partial charge in [-0.15, -0.1) is 11.8 Å². The second kappa shape index (κ2) is 8.95. The van der Waals surface area contributed by atoms with E-state index < -0.39 is 5.97 Å². The molecule has 0 bridgehead atoms. The zero-order chi connectivity index (χ0) is 19.2. The third kappa shape index (κ3) is 4.63. The maximum absolute atomic E-state index is 12.3. The van der Waals surface area contributed by atoms with E-state index in [9.17, 15) is 9.59 Å². The van der Waals surface area contributed by atoms with Gasteiger partial charge in [0, 0.05) is 4.90 Å². The van der Waals surface area contributed by atoms with Crippen LogP contribution < -0.4 is 10.1 Å². The maximum atomic E-state index is 12.3. The molecule has 0 radical (unpaired) electrons. The predicted octanol–water partition coefficient (Wildman–Crippen LogP) is 3.77. The minimum Gasteiger partial charge on any atom is -0.496 e. The molecular formula is C21H23NO4S. The number of rotatable bonds is 6. The van der Waals surface area contributed by atoms with E-state index in [1.165, 1.54) is 12.7 Å². The van der Waals surface area contributed by atoms with Crippen LogP contribution in [0.1, 0.15) is 40.4 Å². The molecule has 1 N–H and O–H groups in total. The average Bonchev–Trinajstić information content (AvgIpc) is 2.71. The number of benzene rings is 2. The molecule has 1 atom stereocenters. The Morgan fingerprint density at radius 3 is 2.81 bits per heavy atom. The van der Waals surface area contributed by atoms with Crippen LogP contribution in [-0.4, -0.2) is 31.8 Å². The van der Waals surface area contributed by atoms with E-state index in [1.54, 1.807) is 23.9 Å². The molecule has 2 aromatic rings. The summed E-state index contributed by atoms with van der Waals surface area (Å²) in [6, 6.07) is 13.4. The molecular weight excluding hydrogens is 362 g/mol. The Bertz CT molecular complexity index is 837. The molecule has 0 saturated carbocycles. The third-order valence-corrected chi connectivity index (χ3v) is 5.39. The molecule has 1 amide bonds. The van der Waals surface area contributed by atoms with Crippen LogP contribution in [0.5, 0.6) is 5.75 Å². The summed E-state index contributed by atoms with van der Waals surface area (Å²) in [6.07, 6.45) is 4.89. The molecule has 0 heterocycles. The first-order valence-corrected chi connectivity index (χ1v) is 10.1. The molecule has 0 spiro atoms. The summed E-state index contributed by atoms with van der Waals surface area (Å²) >= 11 is 1.55. The lowest BCUT2D eigenvalue weighted by Gasteiger charge is -2.26. The molecule has 5 nitrogen and oxygen atoms in total. The van der Waals surface area contributed by atoms with E-state index in [4.69, 9.17) is 9.47 Å². The second-order valence-electron chi connectivity index (χ2n) is 6.35. The van der Waals surface area contributed by atoms with Crippen molar-refractivity contribution in [2.75, 3.05) is 20.0 Å². The molecule has 1 aliphatic carbocycles. The van der Waals surface area contributed by atoms with Crippen molar-refractivity contribution < 1.29 is 19.1 Å². The van der Waals surface area contributed by atoms with E-state index in [2.05, 4.69) is 11.4 Å².